The topological polar surface area (TPSA) is 103 Å². The van der Waals surface area contributed by atoms with Gasteiger partial charge in [0.25, 0.3) is 5.91 Å². The van der Waals surface area contributed by atoms with Crippen LogP contribution >= 0.6 is 0 Å². The summed E-state index contributed by atoms with van der Waals surface area (Å²) in [5.74, 6) is 0.609. The molecule has 0 unspecified atom stereocenters. The van der Waals surface area contributed by atoms with Gasteiger partial charge in [0.15, 0.2) is 17.2 Å². The van der Waals surface area contributed by atoms with Crippen molar-refractivity contribution in [1.29, 1.82) is 0 Å². The van der Waals surface area contributed by atoms with E-state index >= 15 is 0 Å². The van der Waals surface area contributed by atoms with E-state index in [9.17, 15) is 4.79 Å². The number of hydrogen-bond donors (Lipinski definition) is 2. The second-order valence-corrected chi connectivity index (χ2v) is 5.16. The van der Waals surface area contributed by atoms with Gasteiger partial charge in [-0.15, -0.1) is 0 Å². The Bertz CT molecular complexity index is 655. The molecule has 2 aromatic rings. The van der Waals surface area contributed by atoms with Crippen LogP contribution in [0.5, 0.6) is 11.5 Å². The molecule has 23 heavy (non-hydrogen) atoms. The summed E-state index contributed by atoms with van der Waals surface area (Å²) >= 11 is 0. The monoisotopic (exact) mass is 318 g/mol. The van der Waals surface area contributed by atoms with Crippen LogP contribution in [-0.2, 0) is 0 Å². The van der Waals surface area contributed by atoms with E-state index in [1.54, 1.807) is 25.3 Å². The minimum atomic E-state index is -0.635. The second kappa shape index (κ2) is 8.17. The number of nitrogens with zero attached hydrogens (tertiary/aromatic N) is 2. The minimum absolute atomic E-state index is 0.0975. The number of hydrogen-bond acceptors (Lipinski definition) is 5. The number of ether oxygens (including phenoxy) is 2. The number of amides is 1. The van der Waals surface area contributed by atoms with Gasteiger partial charge >= 0.3 is 0 Å². The first-order valence-corrected chi connectivity index (χ1v) is 7.69. The Kier molecular flexibility index (Phi) is 5.96. The SMILES string of the molecule is CCCCCCOc1ccc(-c2n[nH]nc2C(N)=O)cc1OC. The van der Waals surface area contributed by atoms with Gasteiger partial charge in [0, 0.05) is 5.56 Å². The number of carbonyl (C=O) groups is 1. The fourth-order valence-electron chi connectivity index (χ4n) is 2.25. The van der Waals surface area contributed by atoms with E-state index in [2.05, 4.69) is 22.3 Å². The summed E-state index contributed by atoms with van der Waals surface area (Å²) in [6, 6.07) is 5.35. The Morgan fingerprint density at radius 3 is 2.74 bits per heavy atom. The molecular formula is C16H22N4O3. The molecule has 0 atom stereocenters. The Hall–Kier alpha value is -2.57. The molecule has 0 saturated carbocycles. The zero-order chi connectivity index (χ0) is 16.7. The fourth-order valence-corrected chi connectivity index (χ4v) is 2.25. The summed E-state index contributed by atoms with van der Waals surface area (Å²) in [6.07, 6.45) is 4.56. The van der Waals surface area contributed by atoms with Crippen molar-refractivity contribution in [1.82, 2.24) is 15.4 Å². The second-order valence-electron chi connectivity index (χ2n) is 5.16. The first kappa shape index (κ1) is 16.8. The van der Waals surface area contributed by atoms with E-state index in [0.29, 0.717) is 29.4 Å². The summed E-state index contributed by atoms with van der Waals surface area (Å²) in [4.78, 5) is 11.3. The predicted octanol–water partition coefficient (Wildman–Crippen LogP) is 2.54. The number of unbranched alkanes of at least 4 members (excludes halogenated alkanes) is 3. The molecule has 124 valence electrons. The van der Waals surface area contributed by atoms with Gasteiger partial charge in [0.2, 0.25) is 0 Å². The average molecular weight is 318 g/mol. The maximum atomic E-state index is 11.3. The Morgan fingerprint density at radius 1 is 1.22 bits per heavy atom. The van der Waals surface area contributed by atoms with Gasteiger partial charge in [-0.25, -0.2) is 0 Å². The first-order chi connectivity index (χ1) is 11.2. The Labute approximate surface area is 135 Å². The zero-order valence-electron chi connectivity index (χ0n) is 13.5. The highest BCUT2D eigenvalue weighted by Crippen LogP contribution is 2.32. The average Bonchev–Trinajstić information content (AvgIpc) is 3.04. The van der Waals surface area contributed by atoms with Crippen molar-refractivity contribution in [3.05, 3.63) is 23.9 Å². The van der Waals surface area contributed by atoms with Crippen LogP contribution < -0.4 is 15.2 Å². The third-order valence-electron chi connectivity index (χ3n) is 3.47. The maximum absolute atomic E-state index is 11.3. The van der Waals surface area contributed by atoms with Gasteiger partial charge in [-0.1, -0.05) is 26.2 Å². The summed E-state index contributed by atoms with van der Waals surface area (Å²) in [7, 11) is 1.57. The largest absolute Gasteiger partial charge is 0.493 e. The molecule has 1 heterocycles. The number of carbonyl (C=O) groups excluding carboxylic acids is 1. The van der Waals surface area contributed by atoms with Crippen LogP contribution in [0.25, 0.3) is 11.3 Å². The van der Waals surface area contributed by atoms with E-state index in [0.717, 1.165) is 12.8 Å². The highest BCUT2D eigenvalue weighted by atomic mass is 16.5. The standard InChI is InChI=1S/C16H22N4O3/c1-3-4-5-6-9-23-12-8-7-11(10-13(12)22-2)14-15(16(17)21)19-20-18-14/h7-8,10H,3-6,9H2,1-2H3,(H2,17,21)(H,18,19,20). The normalized spacial score (nSPS) is 10.5. The number of aromatic nitrogens is 3. The molecule has 2 rings (SSSR count). The van der Waals surface area contributed by atoms with E-state index in [4.69, 9.17) is 15.2 Å². The number of H-pyrrole nitrogens is 1. The van der Waals surface area contributed by atoms with Crippen LogP contribution in [0.1, 0.15) is 43.1 Å². The van der Waals surface area contributed by atoms with Crippen LogP contribution in [0.3, 0.4) is 0 Å². The number of aromatic amines is 1. The summed E-state index contributed by atoms with van der Waals surface area (Å²) in [5, 5.41) is 10.2. The van der Waals surface area contributed by atoms with Crippen molar-refractivity contribution in [3.63, 3.8) is 0 Å². The van der Waals surface area contributed by atoms with E-state index in [1.807, 2.05) is 0 Å². The molecule has 0 bridgehead atoms. The molecule has 0 spiro atoms. The maximum Gasteiger partial charge on any atom is 0.271 e. The molecule has 1 amide bonds. The highest BCUT2D eigenvalue weighted by Gasteiger charge is 2.17. The van der Waals surface area contributed by atoms with E-state index < -0.39 is 5.91 Å². The van der Waals surface area contributed by atoms with Crippen LogP contribution in [0, 0.1) is 0 Å². The molecule has 7 heteroatoms. The molecule has 7 nitrogen and oxygen atoms in total. The van der Waals surface area contributed by atoms with Gasteiger partial charge in [0.1, 0.15) is 5.69 Å². The van der Waals surface area contributed by atoms with Crippen LogP contribution in [-0.4, -0.2) is 35.0 Å². The van der Waals surface area contributed by atoms with Gasteiger partial charge in [-0.05, 0) is 24.6 Å². The van der Waals surface area contributed by atoms with E-state index in [-0.39, 0.29) is 5.69 Å². The van der Waals surface area contributed by atoms with Gasteiger partial charge in [-0.2, -0.15) is 15.4 Å². The molecule has 1 aromatic carbocycles. The van der Waals surface area contributed by atoms with Crippen molar-refractivity contribution in [2.24, 2.45) is 5.73 Å². The van der Waals surface area contributed by atoms with Gasteiger partial charge in [-0.3, -0.25) is 4.79 Å². The number of nitrogens with two attached hydrogens (primary N) is 1. The lowest BCUT2D eigenvalue weighted by Crippen LogP contribution is -2.12. The molecule has 0 aliphatic rings. The number of nitrogens with one attached hydrogen (secondary N) is 1. The smallest absolute Gasteiger partial charge is 0.271 e. The lowest BCUT2D eigenvalue weighted by Gasteiger charge is -2.11. The van der Waals surface area contributed by atoms with Crippen molar-refractivity contribution < 1.29 is 14.3 Å². The van der Waals surface area contributed by atoms with Crippen LogP contribution in [0.4, 0.5) is 0 Å². The van der Waals surface area contributed by atoms with Crippen molar-refractivity contribution in [3.8, 4) is 22.8 Å². The van der Waals surface area contributed by atoms with Crippen molar-refractivity contribution in [2.75, 3.05) is 13.7 Å². The lowest BCUT2D eigenvalue weighted by molar-refractivity contribution is 0.0996. The third-order valence-corrected chi connectivity index (χ3v) is 3.47. The van der Waals surface area contributed by atoms with Crippen LogP contribution in [0.2, 0.25) is 0 Å². The number of primary amides is 1. The fraction of sp³-hybridized carbons (Fsp3) is 0.438. The van der Waals surface area contributed by atoms with Crippen molar-refractivity contribution in [2.45, 2.75) is 32.6 Å². The van der Waals surface area contributed by atoms with Crippen LogP contribution in [0.15, 0.2) is 18.2 Å². The summed E-state index contributed by atoms with van der Waals surface area (Å²) in [5.41, 5.74) is 6.46. The first-order valence-electron chi connectivity index (χ1n) is 7.69. The molecule has 0 aliphatic heterocycles. The Morgan fingerprint density at radius 2 is 2.04 bits per heavy atom. The molecule has 0 fully saturated rings. The lowest BCUT2D eigenvalue weighted by atomic mass is 10.1. The molecule has 3 N–H and O–H groups in total. The quantitative estimate of drug-likeness (QED) is 0.692. The zero-order valence-corrected chi connectivity index (χ0v) is 13.5. The number of benzene rings is 1. The predicted molar refractivity (Wildman–Crippen MR) is 86.5 cm³/mol. The molecular weight excluding hydrogens is 296 g/mol. The molecule has 0 radical (unpaired) electrons. The van der Waals surface area contributed by atoms with Crippen molar-refractivity contribution >= 4 is 5.91 Å². The molecule has 0 saturated heterocycles. The summed E-state index contributed by atoms with van der Waals surface area (Å²) < 4.78 is 11.1. The number of rotatable bonds is 9. The highest BCUT2D eigenvalue weighted by molar-refractivity contribution is 5.96. The molecule has 0 aliphatic carbocycles. The van der Waals surface area contributed by atoms with Gasteiger partial charge in [0.05, 0.1) is 13.7 Å². The third kappa shape index (κ3) is 4.21. The summed E-state index contributed by atoms with van der Waals surface area (Å²) in [6.45, 7) is 2.82. The van der Waals surface area contributed by atoms with E-state index in [1.165, 1.54) is 12.8 Å². The molecule has 1 aromatic heterocycles. The number of methoxy groups -OCH3 is 1. The Balaban J connectivity index is 2.13. The van der Waals surface area contributed by atoms with Gasteiger partial charge < -0.3 is 15.2 Å². The minimum Gasteiger partial charge on any atom is -0.493 e.